The van der Waals surface area contributed by atoms with E-state index in [1.807, 2.05) is 0 Å². The third kappa shape index (κ3) is 7.10. The van der Waals surface area contributed by atoms with E-state index in [4.69, 9.17) is 14.5 Å². The number of hydrogen-bond acceptors (Lipinski definition) is 3. The average molecular weight is 390 g/mol. The van der Waals surface area contributed by atoms with E-state index in [1.54, 1.807) is 7.11 Å². The van der Waals surface area contributed by atoms with Gasteiger partial charge in [-0.3, -0.25) is 4.99 Å². The Hall–Kier alpha value is -1.59. The van der Waals surface area contributed by atoms with E-state index >= 15 is 0 Å². The molecule has 0 radical (unpaired) electrons. The predicted molar refractivity (Wildman–Crippen MR) is 117 cm³/mol. The average Bonchev–Trinajstić information content (AvgIpc) is 2.67. The van der Waals surface area contributed by atoms with Crippen molar-refractivity contribution in [1.82, 2.24) is 10.2 Å². The summed E-state index contributed by atoms with van der Waals surface area (Å²) in [5.74, 6) is 1.04. The van der Waals surface area contributed by atoms with Gasteiger partial charge in [0.25, 0.3) is 0 Å². The van der Waals surface area contributed by atoms with E-state index in [1.165, 1.54) is 22.3 Å². The lowest BCUT2D eigenvalue weighted by Gasteiger charge is -2.34. The molecular formula is C23H39N3O2. The molecule has 1 aliphatic rings. The molecule has 0 aromatic heterocycles. The Bertz CT molecular complexity index is 599. The topological polar surface area (TPSA) is 46.1 Å². The van der Waals surface area contributed by atoms with Crippen molar-refractivity contribution < 1.29 is 9.47 Å². The number of nitrogens with one attached hydrogen (secondary N) is 1. The molecule has 1 fully saturated rings. The highest BCUT2D eigenvalue weighted by Gasteiger charge is 2.21. The van der Waals surface area contributed by atoms with E-state index in [0.717, 1.165) is 71.0 Å². The van der Waals surface area contributed by atoms with Crippen LogP contribution in [0.4, 0.5) is 0 Å². The first-order valence-electron chi connectivity index (χ1n) is 10.8. The van der Waals surface area contributed by atoms with Crippen molar-refractivity contribution in [2.24, 2.45) is 4.99 Å². The monoisotopic (exact) mass is 389 g/mol. The maximum absolute atomic E-state index is 5.98. The largest absolute Gasteiger partial charge is 0.385 e. The number of benzene rings is 1. The molecule has 0 saturated carbocycles. The lowest BCUT2D eigenvalue weighted by molar-refractivity contribution is 0.00991. The van der Waals surface area contributed by atoms with Crippen molar-refractivity contribution in [2.45, 2.75) is 59.5 Å². The second kappa shape index (κ2) is 12.1. The quantitative estimate of drug-likeness (QED) is 0.398. The van der Waals surface area contributed by atoms with E-state index in [9.17, 15) is 0 Å². The number of likely N-dealkylation sites (tertiary alicyclic amines) is 1. The van der Waals surface area contributed by atoms with Gasteiger partial charge in [0, 0.05) is 46.5 Å². The van der Waals surface area contributed by atoms with Crippen LogP contribution in [0.2, 0.25) is 0 Å². The maximum atomic E-state index is 5.98. The van der Waals surface area contributed by atoms with E-state index < -0.39 is 0 Å². The normalized spacial score (nSPS) is 15.9. The summed E-state index contributed by atoms with van der Waals surface area (Å²) >= 11 is 0. The molecule has 0 bridgehead atoms. The van der Waals surface area contributed by atoms with Gasteiger partial charge in [-0.2, -0.15) is 0 Å². The number of hydrogen-bond donors (Lipinski definition) is 1. The number of piperidine rings is 1. The summed E-state index contributed by atoms with van der Waals surface area (Å²) in [5, 5.41) is 3.47. The second-order valence-corrected chi connectivity index (χ2v) is 7.77. The van der Waals surface area contributed by atoms with Crippen molar-refractivity contribution in [1.29, 1.82) is 0 Å². The number of aliphatic imine (C=N–C) groups is 1. The minimum absolute atomic E-state index is 0.369. The first-order chi connectivity index (χ1) is 13.5. The molecule has 0 amide bonds. The van der Waals surface area contributed by atoms with Crippen molar-refractivity contribution in [3.05, 3.63) is 34.4 Å². The van der Waals surface area contributed by atoms with Crippen molar-refractivity contribution in [3.8, 4) is 0 Å². The van der Waals surface area contributed by atoms with Gasteiger partial charge in [0.2, 0.25) is 0 Å². The van der Waals surface area contributed by atoms with Crippen molar-refractivity contribution in [2.75, 3.05) is 46.5 Å². The van der Waals surface area contributed by atoms with Crippen LogP contribution in [0.3, 0.4) is 0 Å². The molecule has 2 rings (SSSR count). The third-order valence-corrected chi connectivity index (χ3v) is 5.39. The molecule has 1 aromatic carbocycles. The number of rotatable bonds is 9. The van der Waals surface area contributed by atoms with Gasteiger partial charge in [-0.15, -0.1) is 0 Å². The lowest BCUT2D eigenvalue weighted by Crippen LogP contribution is -2.47. The third-order valence-electron chi connectivity index (χ3n) is 5.39. The smallest absolute Gasteiger partial charge is 0.193 e. The molecule has 5 heteroatoms. The highest BCUT2D eigenvalue weighted by atomic mass is 16.5. The molecule has 0 spiro atoms. The van der Waals surface area contributed by atoms with Crippen LogP contribution < -0.4 is 5.32 Å². The number of aryl methyl sites for hydroxylation is 3. The van der Waals surface area contributed by atoms with E-state index in [-0.39, 0.29) is 0 Å². The molecule has 1 aromatic rings. The minimum atomic E-state index is 0.369. The molecule has 158 valence electrons. The summed E-state index contributed by atoms with van der Waals surface area (Å²) in [5.41, 5.74) is 5.53. The van der Waals surface area contributed by atoms with Crippen LogP contribution in [0, 0.1) is 20.8 Å². The Kier molecular flexibility index (Phi) is 9.79. The molecule has 1 heterocycles. The van der Waals surface area contributed by atoms with Crippen LogP contribution in [0.1, 0.15) is 48.4 Å². The number of ether oxygens (including phenoxy) is 2. The SMILES string of the molecule is CCNC(=NCCc1c(C)cc(C)cc1C)N1CCC(OCCCOC)CC1. The van der Waals surface area contributed by atoms with Crippen LogP contribution in [-0.2, 0) is 15.9 Å². The van der Waals surface area contributed by atoms with Crippen LogP contribution in [-0.4, -0.2) is 63.5 Å². The van der Waals surface area contributed by atoms with Gasteiger partial charge in [-0.1, -0.05) is 17.7 Å². The molecule has 1 saturated heterocycles. The van der Waals surface area contributed by atoms with Crippen molar-refractivity contribution in [3.63, 3.8) is 0 Å². The van der Waals surface area contributed by atoms with Crippen LogP contribution in [0.5, 0.6) is 0 Å². The fourth-order valence-electron chi connectivity index (χ4n) is 3.99. The van der Waals surface area contributed by atoms with Gasteiger partial charge < -0.3 is 19.7 Å². The van der Waals surface area contributed by atoms with Crippen LogP contribution in [0.25, 0.3) is 0 Å². The van der Waals surface area contributed by atoms with Gasteiger partial charge in [0.05, 0.1) is 6.10 Å². The highest BCUT2D eigenvalue weighted by molar-refractivity contribution is 5.80. The van der Waals surface area contributed by atoms with Crippen LogP contribution in [0.15, 0.2) is 17.1 Å². The summed E-state index contributed by atoms with van der Waals surface area (Å²) in [6, 6.07) is 4.54. The van der Waals surface area contributed by atoms with Crippen molar-refractivity contribution >= 4 is 5.96 Å². The highest BCUT2D eigenvalue weighted by Crippen LogP contribution is 2.17. The molecule has 0 unspecified atom stereocenters. The standard InChI is InChI=1S/C23H39N3O2/c1-6-24-23(25-11-8-22-19(3)16-18(2)17-20(22)4)26-12-9-21(10-13-26)28-15-7-14-27-5/h16-17,21H,6-15H2,1-5H3,(H,24,25). The van der Waals surface area contributed by atoms with E-state index in [2.05, 4.69) is 50.0 Å². The van der Waals surface area contributed by atoms with Gasteiger partial charge in [-0.25, -0.2) is 0 Å². The second-order valence-electron chi connectivity index (χ2n) is 7.77. The Labute approximate surface area is 171 Å². The fourth-order valence-corrected chi connectivity index (χ4v) is 3.99. The van der Waals surface area contributed by atoms with Gasteiger partial charge >= 0.3 is 0 Å². The Morgan fingerprint density at radius 1 is 1.14 bits per heavy atom. The first-order valence-corrected chi connectivity index (χ1v) is 10.8. The summed E-state index contributed by atoms with van der Waals surface area (Å²) in [7, 11) is 1.74. The molecule has 0 atom stereocenters. The molecule has 28 heavy (non-hydrogen) atoms. The van der Waals surface area contributed by atoms with E-state index in [0.29, 0.717) is 6.10 Å². The molecule has 0 aliphatic carbocycles. The zero-order valence-electron chi connectivity index (χ0n) is 18.5. The molecular weight excluding hydrogens is 350 g/mol. The Morgan fingerprint density at radius 2 is 1.82 bits per heavy atom. The molecule has 5 nitrogen and oxygen atoms in total. The summed E-state index contributed by atoms with van der Waals surface area (Å²) in [6.45, 7) is 14.0. The number of guanidine groups is 1. The lowest BCUT2D eigenvalue weighted by atomic mass is 9.97. The van der Waals surface area contributed by atoms with Gasteiger partial charge in [0.1, 0.15) is 0 Å². The number of methoxy groups -OCH3 is 1. The zero-order valence-corrected chi connectivity index (χ0v) is 18.5. The maximum Gasteiger partial charge on any atom is 0.193 e. The minimum Gasteiger partial charge on any atom is -0.385 e. The fraction of sp³-hybridized carbons (Fsp3) is 0.696. The molecule has 1 aliphatic heterocycles. The molecule has 1 N–H and O–H groups in total. The summed E-state index contributed by atoms with van der Waals surface area (Å²) in [6.07, 6.45) is 4.46. The predicted octanol–water partition coefficient (Wildman–Crippen LogP) is 3.64. The van der Waals surface area contributed by atoms with Gasteiger partial charge in [-0.05, 0) is 70.1 Å². The number of nitrogens with zero attached hydrogens (tertiary/aromatic N) is 2. The van der Waals surface area contributed by atoms with Crippen LogP contribution >= 0.6 is 0 Å². The first kappa shape index (κ1) is 22.7. The Balaban J connectivity index is 1.86. The summed E-state index contributed by atoms with van der Waals surface area (Å²) in [4.78, 5) is 7.31. The zero-order chi connectivity index (χ0) is 20.4. The summed E-state index contributed by atoms with van der Waals surface area (Å²) < 4.78 is 11.1. The van der Waals surface area contributed by atoms with Gasteiger partial charge in [0.15, 0.2) is 5.96 Å². The Morgan fingerprint density at radius 3 is 2.43 bits per heavy atom.